The summed E-state index contributed by atoms with van der Waals surface area (Å²) in [6, 6.07) is 8.85. The molecule has 0 aromatic heterocycles. The van der Waals surface area contributed by atoms with Crippen LogP contribution in [0.15, 0.2) is 24.3 Å². The minimum atomic E-state index is 0.294. The fourth-order valence-corrected chi connectivity index (χ4v) is 4.13. The van der Waals surface area contributed by atoms with Gasteiger partial charge in [-0.05, 0) is 50.1 Å². The van der Waals surface area contributed by atoms with E-state index in [9.17, 15) is 4.79 Å². The lowest BCUT2D eigenvalue weighted by atomic mass is 9.95. The first-order chi connectivity index (χ1) is 10.3. The smallest absolute Gasteiger partial charge is 0.176 e. The summed E-state index contributed by atoms with van der Waals surface area (Å²) in [7, 11) is 0. The highest BCUT2D eigenvalue weighted by Crippen LogP contribution is 2.35. The quantitative estimate of drug-likeness (QED) is 0.760. The molecule has 1 heterocycles. The molecule has 2 heteroatoms. The summed E-state index contributed by atoms with van der Waals surface area (Å²) in [5.41, 5.74) is 2.18. The maximum Gasteiger partial charge on any atom is 0.176 e. The molecule has 0 amide bonds. The van der Waals surface area contributed by atoms with Crippen LogP contribution in [0.2, 0.25) is 0 Å². The van der Waals surface area contributed by atoms with Crippen molar-refractivity contribution in [3.8, 4) is 0 Å². The molecule has 3 rings (SSSR count). The molecule has 1 aromatic carbocycles. The zero-order valence-corrected chi connectivity index (χ0v) is 13.2. The van der Waals surface area contributed by atoms with Crippen molar-refractivity contribution in [2.45, 2.75) is 57.9 Å². The summed E-state index contributed by atoms with van der Waals surface area (Å²) in [5.74, 6) is 1.14. The molecule has 1 aliphatic heterocycles. The van der Waals surface area contributed by atoms with Gasteiger partial charge in [-0.25, -0.2) is 0 Å². The molecule has 0 N–H and O–H groups in total. The number of nitrogens with zero attached hydrogens (tertiary/aromatic N) is 1. The average Bonchev–Trinajstić information content (AvgIpc) is 3.18. The molecule has 0 bridgehead atoms. The number of carbonyl (C=O) groups is 1. The van der Waals surface area contributed by atoms with Crippen LogP contribution < -0.4 is 0 Å². The molecule has 2 aliphatic rings. The molecule has 1 aliphatic carbocycles. The van der Waals surface area contributed by atoms with Crippen molar-refractivity contribution in [2.24, 2.45) is 5.92 Å². The van der Waals surface area contributed by atoms with Crippen LogP contribution in [0.1, 0.15) is 61.4 Å². The third kappa shape index (κ3) is 3.37. The monoisotopic (exact) mass is 285 g/mol. The zero-order chi connectivity index (χ0) is 14.7. The second-order valence-electron chi connectivity index (χ2n) is 6.70. The minimum absolute atomic E-state index is 0.294. The predicted octanol–water partition coefficient (Wildman–Crippen LogP) is 4.09. The maximum atomic E-state index is 12.5. The van der Waals surface area contributed by atoms with E-state index in [0.29, 0.717) is 18.4 Å². The lowest BCUT2D eigenvalue weighted by molar-refractivity contribution is 0.0896. The fourth-order valence-electron chi connectivity index (χ4n) is 4.13. The van der Waals surface area contributed by atoms with Gasteiger partial charge in [-0.1, -0.05) is 44.0 Å². The summed E-state index contributed by atoms with van der Waals surface area (Å²) in [5, 5.41) is 0. The average molecular weight is 285 g/mol. The number of hydrogen-bond donors (Lipinski definition) is 0. The molecule has 1 atom stereocenters. The lowest BCUT2D eigenvalue weighted by Gasteiger charge is -2.28. The molecular weight excluding hydrogens is 258 g/mol. The lowest BCUT2D eigenvalue weighted by Crippen LogP contribution is -2.38. The van der Waals surface area contributed by atoms with Crippen LogP contribution in [-0.2, 0) is 6.42 Å². The number of Topliss-reactive ketones (excluding diaryl/α,β-unsaturated/α-hetero) is 1. The Balaban J connectivity index is 1.62. The third-order valence-electron chi connectivity index (χ3n) is 5.39. The van der Waals surface area contributed by atoms with E-state index < -0.39 is 0 Å². The second-order valence-corrected chi connectivity index (χ2v) is 6.70. The van der Waals surface area contributed by atoms with Crippen LogP contribution >= 0.6 is 0 Å². The maximum absolute atomic E-state index is 12.5. The van der Waals surface area contributed by atoms with E-state index in [0.717, 1.165) is 24.4 Å². The fraction of sp³-hybridized carbons (Fsp3) is 0.632. The van der Waals surface area contributed by atoms with Gasteiger partial charge >= 0.3 is 0 Å². The van der Waals surface area contributed by atoms with Gasteiger partial charge in [0.25, 0.3) is 0 Å². The van der Waals surface area contributed by atoms with Crippen LogP contribution in [0.25, 0.3) is 0 Å². The Morgan fingerprint density at radius 1 is 1.10 bits per heavy atom. The van der Waals surface area contributed by atoms with Gasteiger partial charge < -0.3 is 0 Å². The molecule has 1 aromatic rings. The van der Waals surface area contributed by atoms with E-state index in [2.05, 4.69) is 24.0 Å². The molecule has 0 spiro atoms. The molecule has 1 saturated heterocycles. The van der Waals surface area contributed by atoms with Crippen molar-refractivity contribution in [1.29, 1.82) is 0 Å². The summed E-state index contributed by atoms with van der Waals surface area (Å²) >= 11 is 0. The Kier molecular flexibility index (Phi) is 4.74. The summed E-state index contributed by atoms with van der Waals surface area (Å²) in [6.07, 6.45) is 9.13. The first kappa shape index (κ1) is 14.8. The van der Waals surface area contributed by atoms with E-state index in [4.69, 9.17) is 0 Å². The minimum Gasteiger partial charge on any atom is -0.293 e. The molecule has 0 radical (unpaired) electrons. The van der Waals surface area contributed by atoms with Crippen LogP contribution in [0.5, 0.6) is 0 Å². The Hall–Kier alpha value is -1.15. The number of aryl methyl sites for hydroxylation is 1. The Labute approximate surface area is 128 Å². The summed E-state index contributed by atoms with van der Waals surface area (Å²) in [4.78, 5) is 15.0. The van der Waals surface area contributed by atoms with E-state index in [1.54, 1.807) is 0 Å². The van der Waals surface area contributed by atoms with Gasteiger partial charge in [0.1, 0.15) is 0 Å². The number of ketones is 1. The van der Waals surface area contributed by atoms with E-state index >= 15 is 0 Å². The molecule has 2 nitrogen and oxygen atoms in total. The van der Waals surface area contributed by atoms with Crippen molar-refractivity contribution in [3.05, 3.63) is 35.4 Å². The summed E-state index contributed by atoms with van der Waals surface area (Å²) in [6.45, 7) is 3.87. The zero-order valence-electron chi connectivity index (χ0n) is 13.2. The molecule has 114 valence electrons. The van der Waals surface area contributed by atoms with Gasteiger partial charge in [-0.3, -0.25) is 9.69 Å². The van der Waals surface area contributed by atoms with Crippen molar-refractivity contribution < 1.29 is 4.79 Å². The Morgan fingerprint density at radius 2 is 1.81 bits per heavy atom. The van der Waals surface area contributed by atoms with Crippen LogP contribution in [0.3, 0.4) is 0 Å². The third-order valence-corrected chi connectivity index (χ3v) is 5.39. The van der Waals surface area contributed by atoms with Crippen LogP contribution in [-0.4, -0.2) is 29.8 Å². The first-order valence-corrected chi connectivity index (χ1v) is 8.64. The van der Waals surface area contributed by atoms with Crippen molar-refractivity contribution in [3.63, 3.8) is 0 Å². The highest BCUT2D eigenvalue weighted by atomic mass is 16.1. The number of likely N-dealkylation sites (tertiary alicyclic amines) is 1. The van der Waals surface area contributed by atoms with Crippen molar-refractivity contribution >= 4 is 5.78 Å². The normalized spacial score (nSPS) is 23.8. The van der Waals surface area contributed by atoms with Gasteiger partial charge in [0.05, 0.1) is 6.54 Å². The van der Waals surface area contributed by atoms with Gasteiger partial charge in [-0.15, -0.1) is 0 Å². The second kappa shape index (κ2) is 6.74. The topological polar surface area (TPSA) is 20.3 Å². The number of rotatable bonds is 5. The highest BCUT2D eigenvalue weighted by Gasteiger charge is 2.34. The summed E-state index contributed by atoms with van der Waals surface area (Å²) < 4.78 is 0. The Bertz CT molecular complexity index is 473. The van der Waals surface area contributed by atoms with Gasteiger partial charge in [0.2, 0.25) is 0 Å². The Morgan fingerprint density at radius 3 is 2.48 bits per heavy atom. The number of carbonyl (C=O) groups excluding carboxylic acids is 1. The first-order valence-electron chi connectivity index (χ1n) is 8.64. The van der Waals surface area contributed by atoms with Crippen LogP contribution in [0.4, 0.5) is 0 Å². The number of benzene rings is 1. The molecular formula is C19H27NO. The van der Waals surface area contributed by atoms with E-state index in [1.165, 1.54) is 44.1 Å². The number of hydrogen-bond acceptors (Lipinski definition) is 2. The SMILES string of the molecule is CCc1ccc(C(=O)CN2CCCC2C2CCCC2)cc1. The molecule has 1 unspecified atom stereocenters. The largest absolute Gasteiger partial charge is 0.293 e. The van der Waals surface area contributed by atoms with Crippen molar-refractivity contribution in [1.82, 2.24) is 4.90 Å². The van der Waals surface area contributed by atoms with E-state index in [-0.39, 0.29) is 0 Å². The predicted molar refractivity (Wildman–Crippen MR) is 86.7 cm³/mol. The highest BCUT2D eigenvalue weighted by molar-refractivity contribution is 5.97. The van der Waals surface area contributed by atoms with Crippen molar-refractivity contribution in [2.75, 3.05) is 13.1 Å². The molecule has 21 heavy (non-hydrogen) atoms. The van der Waals surface area contributed by atoms with E-state index in [1.807, 2.05) is 12.1 Å². The molecule has 2 fully saturated rings. The standard InChI is InChI=1S/C19H27NO/c1-2-15-9-11-17(12-10-15)19(21)14-20-13-5-8-18(20)16-6-3-4-7-16/h9-12,16,18H,2-8,13-14H2,1H3. The van der Waals surface area contributed by atoms with Gasteiger partial charge in [0.15, 0.2) is 5.78 Å². The van der Waals surface area contributed by atoms with Gasteiger partial charge in [-0.2, -0.15) is 0 Å². The van der Waals surface area contributed by atoms with Gasteiger partial charge in [0, 0.05) is 11.6 Å². The van der Waals surface area contributed by atoms with Crippen LogP contribution in [0, 0.1) is 5.92 Å². The molecule has 1 saturated carbocycles.